The van der Waals surface area contributed by atoms with Gasteiger partial charge in [-0.15, -0.1) is 0 Å². The number of benzene rings is 2. The summed E-state index contributed by atoms with van der Waals surface area (Å²) < 4.78 is 0. The van der Waals surface area contributed by atoms with Gasteiger partial charge in [-0.1, -0.05) is 66.4 Å². The fourth-order valence-electron chi connectivity index (χ4n) is 2.37. The summed E-state index contributed by atoms with van der Waals surface area (Å²) in [6.45, 7) is 0. The molecule has 0 saturated carbocycles. The monoisotopic (exact) mass is 320 g/mol. The lowest BCUT2D eigenvalue weighted by atomic mass is 10.0. The summed E-state index contributed by atoms with van der Waals surface area (Å²) in [5.74, 6) is 0.569. The Morgan fingerprint density at radius 3 is 2.35 bits per heavy atom. The van der Waals surface area contributed by atoms with Crippen LogP contribution in [0.2, 0.25) is 0 Å². The highest BCUT2D eigenvalue weighted by atomic mass is 32.2. The van der Waals surface area contributed by atoms with Crippen molar-refractivity contribution >= 4 is 23.3 Å². The predicted molar refractivity (Wildman–Crippen MR) is 92.0 cm³/mol. The Kier molecular flexibility index (Phi) is 3.44. The minimum atomic E-state index is -0.442. The number of rotatable bonds is 2. The van der Waals surface area contributed by atoms with E-state index in [2.05, 4.69) is 56.9 Å². The first-order valence-corrected chi connectivity index (χ1v) is 7.94. The van der Waals surface area contributed by atoms with Gasteiger partial charge in [-0.2, -0.15) is 10.1 Å². The number of H-pyrrole nitrogens is 1. The lowest BCUT2D eigenvalue weighted by molar-refractivity contribution is 0.862. The number of nitrogens with one attached hydrogen (secondary N) is 2. The van der Waals surface area contributed by atoms with Crippen LogP contribution >= 0.6 is 11.8 Å². The van der Waals surface area contributed by atoms with E-state index in [1.54, 1.807) is 0 Å². The SMILES string of the molecule is O=c1nc2c(n[nH]1)NC(c1ccc(-c3ccccc3)cc1)=CS2. The second-order valence-corrected chi connectivity index (χ2v) is 5.87. The smallest absolute Gasteiger partial charge is 0.336 e. The lowest BCUT2D eigenvalue weighted by Gasteiger charge is -2.16. The molecule has 2 N–H and O–H groups in total. The lowest BCUT2D eigenvalue weighted by Crippen LogP contribution is -2.17. The van der Waals surface area contributed by atoms with E-state index in [1.165, 1.54) is 22.9 Å². The molecule has 23 heavy (non-hydrogen) atoms. The van der Waals surface area contributed by atoms with Crippen molar-refractivity contribution in [3.63, 3.8) is 0 Å². The van der Waals surface area contributed by atoms with E-state index in [4.69, 9.17) is 0 Å². The topological polar surface area (TPSA) is 70.7 Å². The Bertz CT molecular complexity index is 933. The molecule has 112 valence electrons. The summed E-state index contributed by atoms with van der Waals surface area (Å²) in [5, 5.41) is 12.0. The molecular weight excluding hydrogens is 308 g/mol. The Hall–Kier alpha value is -2.86. The molecule has 0 bridgehead atoms. The molecule has 0 aliphatic carbocycles. The van der Waals surface area contributed by atoms with Crippen molar-refractivity contribution < 1.29 is 0 Å². The molecule has 1 aromatic heterocycles. The van der Waals surface area contributed by atoms with Crippen molar-refractivity contribution in [3.05, 3.63) is 76.1 Å². The molecule has 0 unspecified atom stereocenters. The van der Waals surface area contributed by atoms with E-state index >= 15 is 0 Å². The molecule has 5 nitrogen and oxygen atoms in total. The summed E-state index contributed by atoms with van der Waals surface area (Å²) in [6.07, 6.45) is 0. The predicted octanol–water partition coefficient (Wildman–Crippen LogP) is 3.35. The van der Waals surface area contributed by atoms with Crippen LogP contribution in [0.15, 0.2) is 69.8 Å². The number of aromatic amines is 1. The third-order valence-corrected chi connectivity index (χ3v) is 4.37. The summed E-state index contributed by atoms with van der Waals surface area (Å²) in [5.41, 5.74) is 3.90. The average Bonchev–Trinajstić information content (AvgIpc) is 2.62. The van der Waals surface area contributed by atoms with Crippen LogP contribution in [0, 0.1) is 0 Å². The maximum atomic E-state index is 11.2. The number of anilines is 1. The fourth-order valence-corrected chi connectivity index (χ4v) is 3.14. The van der Waals surface area contributed by atoms with Crippen LogP contribution in [0.25, 0.3) is 16.8 Å². The quantitative estimate of drug-likeness (QED) is 0.758. The van der Waals surface area contributed by atoms with Crippen LogP contribution in [-0.2, 0) is 0 Å². The third-order valence-electron chi connectivity index (χ3n) is 3.51. The zero-order valence-electron chi connectivity index (χ0n) is 12.0. The molecule has 0 fully saturated rings. The highest BCUT2D eigenvalue weighted by Crippen LogP contribution is 2.33. The number of hydrogen-bond donors (Lipinski definition) is 2. The van der Waals surface area contributed by atoms with Gasteiger partial charge in [0.1, 0.15) is 0 Å². The number of aromatic nitrogens is 3. The Labute approximate surface area is 136 Å². The highest BCUT2D eigenvalue weighted by molar-refractivity contribution is 8.02. The van der Waals surface area contributed by atoms with Crippen molar-refractivity contribution in [3.8, 4) is 11.1 Å². The van der Waals surface area contributed by atoms with Gasteiger partial charge < -0.3 is 5.32 Å². The molecule has 0 atom stereocenters. The summed E-state index contributed by atoms with van der Waals surface area (Å²) in [6, 6.07) is 18.5. The summed E-state index contributed by atoms with van der Waals surface area (Å²) in [4.78, 5) is 15.1. The zero-order chi connectivity index (χ0) is 15.6. The van der Waals surface area contributed by atoms with Gasteiger partial charge in [0, 0.05) is 5.41 Å². The molecule has 2 heterocycles. The van der Waals surface area contributed by atoms with E-state index in [1.807, 2.05) is 23.6 Å². The second-order valence-electron chi connectivity index (χ2n) is 5.01. The molecule has 4 rings (SSSR count). The van der Waals surface area contributed by atoms with E-state index < -0.39 is 5.69 Å². The van der Waals surface area contributed by atoms with E-state index in [9.17, 15) is 4.79 Å². The van der Waals surface area contributed by atoms with Gasteiger partial charge in [0.25, 0.3) is 0 Å². The fraction of sp³-hybridized carbons (Fsp3) is 0. The first-order valence-electron chi connectivity index (χ1n) is 7.06. The van der Waals surface area contributed by atoms with Crippen LogP contribution in [0.5, 0.6) is 0 Å². The number of thioether (sulfide) groups is 1. The largest absolute Gasteiger partial charge is 0.362 e. The normalized spacial score (nSPS) is 13.0. The maximum Gasteiger partial charge on any atom is 0.362 e. The van der Waals surface area contributed by atoms with Crippen LogP contribution in [0.1, 0.15) is 5.56 Å². The third kappa shape index (κ3) is 2.76. The Morgan fingerprint density at radius 2 is 1.57 bits per heavy atom. The number of fused-ring (bicyclic) bond motifs is 1. The molecule has 0 saturated heterocycles. The van der Waals surface area contributed by atoms with E-state index in [-0.39, 0.29) is 0 Å². The van der Waals surface area contributed by atoms with Gasteiger partial charge >= 0.3 is 5.69 Å². The summed E-state index contributed by atoms with van der Waals surface area (Å²) in [7, 11) is 0. The van der Waals surface area contributed by atoms with Gasteiger partial charge in [0.05, 0.1) is 5.70 Å². The molecule has 1 aliphatic rings. The molecule has 0 radical (unpaired) electrons. The van der Waals surface area contributed by atoms with Crippen LogP contribution in [-0.4, -0.2) is 15.2 Å². The molecule has 3 aromatic rings. The van der Waals surface area contributed by atoms with E-state index in [0.717, 1.165) is 11.3 Å². The molecule has 2 aromatic carbocycles. The average molecular weight is 320 g/mol. The van der Waals surface area contributed by atoms with Crippen molar-refractivity contribution in [2.24, 2.45) is 0 Å². The van der Waals surface area contributed by atoms with Crippen molar-refractivity contribution in [2.75, 3.05) is 5.32 Å². The number of hydrogen-bond acceptors (Lipinski definition) is 5. The summed E-state index contributed by atoms with van der Waals surface area (Å²) >= 11 is 1.39. The Balaban J connectivity index is 1.61. The standard InChI is InChI=1S/C17H12N4OS/c22-17-19-16-15(20-21-17)18-14(10-23-16)13-8-6-12(7-9-13)11-4-2-1-3-5-11/h1-10H,(H,18,20)(H,19,21,22). The number of nitrogens with zero attached hydrogens (tertiary/aromatic N) is 2. The molecule has 1 aliphatic heterocycles. The van der Waals surface area contributed by atoms with Crippen LogP contribution in [0.3, 0.4) is 0 Å². The van der Waals surface area contributed by atoms with Gasteiger partial charge in [-0.25, -0.2) is 9.89 Å². The van der Waals surface area contributed by atoms with Crippen molar-refractivity contribution in [1.82, 2.24) is 15.2 Å². The van der Waals surface area contributed by atoms with Gasteiger partial charge in [-0.3, -0.25) is 0 Å². The zero-order valence-corrected chi connectivity index (χ0v) is 12.8. The van der Waals surface area contributed by atoms with Crippen molar-refractivity contribution in [1.29, 1.82) is 0 Å². The second kappa shape index (κ2) is 5.73. The van der Waals surface area contributed by atoms with Gasteiger partial charge in [-0.05, 0) is 16.7 Å². The molecule has 0 amide bonds. The minimum Gasteiger partial charge on any atom is -0.336 e. The Morgan fingerprint density at radius 1 is 0.870 bits per heavy atom. The molecular formula is C17H12N4OS. The van der Waals surface area contributed by atoms with Crippen LogP contribution in [0.4, 0.5) is 5.82 Å². The minimum absolute atomic E-state index is 0.442. The van der Waals surface area contributed by atoms with Gasteiger partial charge in [0.2, 0.25) is 0 Å². The maximum absolute atomic E-state index is 11.2. The van der Waals surface area contributed by atoms with Crippen LogP contribution < -0.4 is 11.0 Å². The molecule has 0 spiro atoms. The highest BCUT2D eigenvalue weighted by Gasteiger charge is 2.15. The van der Waals surface area contributed by atoms with E-state index in [0.29, 0.717) is 10.8 Å². The molecule has 6 heteroatoms. The van der Waals surface area contributed by atoms with Crippen molar-refractivity contribution in [2.45, 2.75) is 5.03 Å². The first-order chi connectivity index (χ1) is 11.3. The van der Waals surface area contributed by atoms with Gasteiger partial charge in [0.15, 0.2) is 10.8 Å². The first kappa shape index (κ1) is 13.8.